The molecule has 1 aromatic carbocycles. The van der Waals surface area contributed by atoms with Crippen molar-refractivity contribution in [3.8, 4) is 5.75 Å². The highest BCUT2D eigenvalue weighted by Gasteiger charge is 2.22. The van der Waals surface area contributed by atoms with Crippen LogP contribution in [0.1, 0.15) is 21.5 Å². The molecule has 0 saturated heterocycles. The quantitative estimate of drug-likeness (QED) is 0.904. The molecule has 4 heteroatoms. The summed E-state index contributed by atoms with van der Waals surface area (Å²) in [5.41, 5.74) is 1.26. The van der Waals surface area contributed by atoms with E-state index in [9.17, 15) is 0 Å². The van der Waals surface area contributed by atoms with E-state index in [1.165, 1.54) is 10.4 Å². The molecule has 17 heavy (non-hydrogen) atoms. The van der Waals surface area contributed by atoms with E-state index in [1.807, 2.05) is 25.3 Å². The molecule has 0 saturated carbocycles. The molecule has 0 bridgehead atoms. The summed E-state index contributed by atoms with van der Waals surface area (Å²) in [6, 6.07) is 8.51. The molecular weight excluding hydrogens is 232 g/mol. The fourth-order valence-electron chi connectivity index (χ4n) is 2.04. The lowest BCUT2D eigenvalue weighted by atomic mass is 10.1. The molecule has 88 valence electrons. The average Bonchev–Trinajstić information content (AvgIpc) is 2.93. The van der Waals surface area contributed by atoms with Gasteiger partial charge >= 0.3 is 0 Å². The van der Waals surface area contributed by atoms with Crippen molar-refractivity contribution >= 4 is 11.3 Å². The largest absolute Gasteiger partial charge is 0.491 e. The van der Waals surface area contributed by atoms with Crippen LogP contribution in [0.5, 0.6) is 5.75 Å². The second-order valence-corrected chi connectivity index (χ2v) is 5.45. The number of nitrogens with one attached hydrogen (secondary N) is 1. The molecule has 1 aromatic heterocycles. The number of aromatic nitrogens is 1. The first-order valence-electron chi connectivity index (χ1n) is 5.69. The number of aryl methyl sites for hydroxylation is 1. The van der Waals surface area contributed by atoms with Crippen LogP contribution in [0, 0.1) is 6.92 Å². The zero-order chi connectivity index (χ0) is 11.7. The summed E-state index contributed by atoms with van der Waals surface area (Å²) >= 11 is 1.74. The van der Waals surface area contributed by atoms with Gasteiger partial charge in [0, 0.05) is 23.2 Å². The summed E-state index contributed by atoms with van der Waals surface area (Å²) < 4.78 is 5.63. The second-order valence-electron chi connectivity index (χ2n) is 4.13. The van der Waals surface area contributed by atoms with Crippen LogP contribution in [0.2, 0.25) is 0 Å². The van der Waals surface area contributed by atoms with Gasteiger partial charge in [-0.3, -0.25) is 0 Å². The first-order valence-corrected chi connectivity index (χ1v) is 6.51. The third-order valence-corrected chi connectivity index (χ3v) is 3.80. The maximum absolute atomic E-state index is 5.63. The van der Waals surface area contributed by atoms with Crippen LogP contribution in [0.15, 0.2) is 30.5 Å². The van der Waals surface area contributed by atoms with Gasteiger partial charge in [0.25, 0.3) is 0 Å². The van der Waals surface area contributed by atoms with Gasteiger partial charge in [-0.2, -0.15) is 0 Å². The first kappa shape index (κ1) is 10.7. The molecule has 3 nitrogen and oxygen atoms in total. The molecule has 0 fully saturated rings. The third-order valence-electron chi connectivity index (χ3n) is 2.89. The SMILES string of the molecule is Cc1ncc(CNC2COc3ccccc32)s1. The minimum atomic E-state index is 0.300. The van der Waals surface area contributed by atoms with Crippen molar-refractivity contribution in [3.63, 3.8) is 0 Å². The van der Waals surface area contributed by atoms with Gasteiger partial charge in [0.2, 0.25) is 0 Å². The molecule has 0 amide bonds. The standard InChI is InChI=1S/C13H14N2OS/c1-9-14-6-10(17-9)7-15-12-8-16-13-5-3-2-4-11(12)13/h2-6,12,15H,7-8H2,1H3. The Labute approximate surface area is 104 Å². The molecule has 1 N–H and O–H groups in total. The Hall–Kier alpha value is -1.39. The number of thiazole rings is 1. The van der Waals surface area contributed by atoms with Crippen molar-refractivity contribution in [2.24, 2.45) is 0 Å². The van der Waals surface area contributed by atoms with Crippen LogP contribution in [0.3, 0.4) is 0 Å². The van der Waals surface area contributed by atoms with Crippen LogP contribution < -0.4 is 10.1 Å². The maximum Gasteiger partial charge on any atom is 0.124 e. The Morgan fingerprint density at radius 1 is 1.47 bits per heavy atom. The van der Waals surface area contributed by atoms with Crippen molar-refractivity contribution in [1.82, 2.24) is 10.3 Å². The van der Waals surface area contributed by atoms with Gasteiger partial charge in [0.05, 0.1) is 11.0 Å². The number of benzene rings is 1. The summed E-state index contributed by atoms with van der Waals surface area (Å²) in [6.45, 7) is 3.60. The summed E-state index contributed by atoms with van der Waals surface area (Å²) in [5, 5.41) is 4.63. The molecule has 3 rings (SSSR count). The lowest BCUT2D eigenvalue weighted by molar-refractivity contribution is 0.311. The number of hydrogen-bond donors (Lipinski definition) is 1. The van der Waals surface area contributed by atoms with Crippen LogP contribution in [0.4, 0.5) is 0 Å². The third kappa shape index (κ3) is 2.18. The van der Waals surface area contributed by atoms with Crippen LogP contribution in [-0.4, -0.2) is 11.6 Å². The van der Waals surface area contributed by atoms with E-state index in [4.69, 9.17) is 4.74 Å². The van der Waals surface area contributed by atoms with Gasteiger partial charge in [-0.25, -0.2) is 4.98 Å². The molecule has 0 radical (unpaired) electrons. The normalized spacial score (nSPS) is 17.8. The van der Waals surface area contributed by atoms with E-state index in [1.54, 1.807) is 11.3 Å². The van der Waals surface area contributed by atoms with E-state index in [2.05, 4.69) is 22.4 Å². The predicted molar refractivity (Wildman–Crippen MR) is 68.4 cm³/mol. The van der Waals surface area contributed by atoms with Crippen LogP contribution in [-0.2, 0) is 6.54 Å². The maximum atomic E-state index is 5.63. The topological polar surface area (TPSA) is 34.2 Å². The summed E-state index contributed by atoms with van der Waals surface area (Å²) in [5.74, 6) is 1.01. The first-order chi connectivity index (χ1) is 8.33. The number of nitrogens with zero attached hydrogens (tertiary/aromatic N) is 1. The summed E-state index contributed by atoms with van der Waals surface area (Å²) in [6.07, 6.45) is 1.94. The van der Waals surface area contributed by atoms with Crippen LogP contribution >= 0.6 is 11.3 Å². The molecule has 1 unspecified atom stereocenters. The number of rotatable bonds is 3. The van der Waals surface area contributed by atoms with E-state index >= 15 is 0 Å². The van der Waals surface area contributed by atoms with Crippen molar-refractivity contribution < 1.29 is 4.74 Å². The summed E-state index contributed by atoms with van der Waals surface area (Å²) in [7, 11) is 0. The second kappa shape index (κ2) is 4.47. The van der Waals surface area contributed by atoms with Gasteiger partial charge in [0.1, 0.15) is 12.4 Å². The highest BCUT2D eigenvalue weighted by Crippen LogP contribution is 2.31. The Kier molecular flexibility index (Phi) is 2.82. The van der Waals surface area contributed by atoms with Gasteiger partial charge in [-0.05, 0) is 13.0 Å². The molecular formula is C13H14N2OS. The predicted octanol–water partition coefficient (Wildman–Crippen LogP) is 2.67. The van der Waals surface area contributed by atoms with E-state index < -0.39 is 0 Å². The van der Waals surface area contributed by atoms with Crippen molar-refractivity contribution in [2.75, 3.05) is 6.61 Å². The molecule has 1 atom stereocenters. The van der Waals surface area contributed by atoms with Crippen LogP contribution in [0.25, 0.3) is 0 Å². The Morgan fingerprint density at radius 3 is 3.18 bits per heavy atom. The molecule has 2 aromatic rings. The Balaban J connectivity index is 1.68. The smallest absolute Gasteiger partial charge is 0.124 e. The molecule has 1 aliphatic heterocycles. The number of ether oxygens (including phenoxy) is 1. The Bertz CT molecular complexity index is 524. The van der Waals surface area contributed by atoms with Gasteiger partial charge in [-0.1, -0.05) is 18.2 Å². The minimum Gasteiger partial charge on any atom is -0.491 e. The zero-order valence-electron chi connectivity index (χ0n) is 9.64. The number of para-hydroxylation sites is 1. The zero-order valence-corrected chi connectivity index (χ0v) is 10.5. The lowest BCUT2D eigenvalue weighted by Crippen LogP contribution is -2.21. The van der Waals surface area contributed by atoms with E-state index in [0.717, 1.165) is 23.9 Å². The Morgan fingerprint density at radius 2 is 2.35 bits per heavy atom. The lowest BCUT2D eigenvalue weighted by Gasteiger charge is -2.09. The monoisotopic (exact) mass is 246 g/mol. The number of hydrogen-bond acceptors (Lipinski definition) is 4. The fraction of sp³-hybridized carbons (Fsp3) is 0.308. The van der Waals surface area contributed by atoms with E-state index in [0.29, 0.717) is 6.04 Å². The highest BCUT2D eigenvalue weighted by molar-refractivity contribution is 7.11. The van der Waals surface area contributed by atoms with Gasteiger partial charge in [0.15, 0.2) is 0 Å². The van der Waals surface area contributed by atoms with E-state index in [-0.39, 0.29) is 0 Å². The van der Waals surface area contributed by atoms with Crippen molar-refractivity contribution in [2.45, 2.75) is 19.5 Å². The summed E-state index contributed by atoms with van der Waals surface area (Å²) in [4.78, 5) is 5.52. The van der Waals surface area contributed by atoms with Crippen molar-refractivity contribution in [3.05, 3.63) is 45.9 Å². The number of fused-ring (bicyclic) bond motifs is 1. The average molecular weight is 246 g/mol. The fourth-order valence-corrected chi connectivity index (χ4v) is 2.79. The highest BCUT2D eigenvalue weighted by atomic mass is 32.1. The molecule has 0 spiro atoms. The van der Waals surface area contributed by atoms with Crippen molar-refractivity contribution in [1.29, 1.82) is 0 Å². The minimum absolute atomic E-state index is 0.300. The van der Waals surface area contributed by atoms with Gasteiger partial charge < -0.3 is 10.1 Å². The molecule has 0 aliphatic carbocycles. The van der Waals surface area contributed by atoms with Gasteiger partial charge in [-0.15, -0.1) is 11.3 Å². The molecule has 2 heterocycles. The molecule has 1 aliphatic rings.